The first-order chi connectivity index (χ1) is 11.5. The Balaban J connectivity index is 2.09. The van der Waals surface area contributed by atoms with Crippen LogP contribution in [-0.4, -0.2) is 18.2 Å². The molecule has 3 rings (SSSR count). The maximum atomic E-state index is 13.2. The normalized spacial score (nSPS) is 11.4. The van der Waals surface area contributed by atoms with Gasteiger partial charge in [0.15, 0.2) is 0 Å². The molecule has 6 heteroatoms. The predicted octanol–water partition coefficient (Wildman–Crippen LogP) is 3.12. The third-order valence-corrected chi connectivity index (χ3v) is 5.85. The Labute approximate surface area is 142 Å². The van der Waals surface area contributed by atoms with Gasteiger partial charge in [-0.15, -0.1) is 0 Å². The maximum Gasteiger partial charge on any atom is 0.268 e. The lowest BCUT2D eigenvalue weighted by Gasteiger charge is -2.24. The molecule has 0 saturated heterocycles. The van der Waals surface area contributed by atoms with Crippen LogP contribution in [-0.2, 0) is 23.6 Å². The number of benzene rings is 2. The Morgan fingerprint density at radius 3 is 2.12 bits per heavy atom. The van der Waals surface area contributed by atoms with Gasteiger partial charge < -0.3 is 0 Å². The van der Waals surface area contributed by atoms with E-state index in [4.69, 9.17) is 0 Å². The van der Waals surface area contributed by atoms with E-state index in [1.165, 1.54) is 10.5 Å². The van der Waals surface area contributed by atoms with E-state index in [2.05, 4.69) is 5.10 Å². The fourth-order valence-electron chi connectivity index (χ4n) is 2.51. The number of nitrogens with zero attached hydrogens (tertiary/aromatic N) is 3. The second kappa shape index (κ2) is 6.49. The molecule has 1 heterocycles. The highest BCUT2D eigenvalue weighted by Gasteiger charge is 2.28. The van der Waals surface area contributed by atoms with Crippen LogP contribution in [0, 0.1) is 6.92 Å². The van der Waals surface area contributed by atoms with Crippen molar-refractivity contribution < 1.29 is 8.42 Å². The van der Waals surface area contributed by atoms with Crippen molar-refractivity contribution in [3.63, 3.8) is 0 Å². The third kappa shape index (κ3) is 3.05. The summed E-state index contributed by atoms with van der Waals surface area (Å²) in [6.45, 7) is 2.02. The monoisotopic (exact) mass is 341 g/mol. The molecule has 0 aliphatic heterocycles. The predicted molar refractivity (Wildman–Crippen MR) is 94.2 cm³/mol. The zero-order valence-corrected chi connectivity index (χ0v) is 14.4. The van der Waals surface area contributed by atoms with E-state index in [1.807, 2.05) is 48.5 Å². The summed E-state index contributed by atoms with van der Waals surface area (Å²) in [5, 5.41) is 4.08. The average molecular weight is 341 g/mol. The Morgan fingerprint density at radius 1 is 1.00 bits per heavy atom. The number of anilines is 1. The second-order valence-corrected chi connectivity index (χ2v) is 7.38. The number of sulfonamides is 1. The molecule has 0 saturated carbocycles. The molecule has 0 amide bonds. The van der Waals surface area contributed by atoms with E-state index in [-0.39, 0.29) is 11.4 Å². The summed E-state index contributed by atoms with van der Waals surface area (Å²) in [4.78, 5) is 0.227. The van der Waals surface area contributed by atoms with Crippen LogP contribution in [0.2, 0.25) is 0 Å². The van der Waals surface area contributed by atoms with Gasteiger partial charge in [-0.3, -0.25) is 8.99 Å². The first kappa shape index (κ1) is 16.3. The van der Waals surface area contributed by atoms with Gasteiger partial charge in [-0.1, -0.05) is 48.5 Å². The number of hydrogen-bond acceptors (Lipinski definition) is 3. The van der Waals surface area contributed by atoms with E-state index in [9.17, 15) is 8.42 Å². The number of rotatable bonds is 5. The molecular formula is C18H19N3O2S. The lowest BCUT2D eigenvalue weighted by atomic mass is 10.2. The van der Waals surface area contributed by atoms with Crippen molar-refractivity contribution in [3.8, 4) is 0 Å². The highest BCUT2D eigenvalue weighted by Crippen LogP contribution is 2.27. The van der Waals surface area contributed by atoms with Crippen LogP contribution in [0.3, 0.4) is 0 Å². The van der Waals surface area contributed by atoms with Crippen LogP contribution in [0.1, 0.15) is 11.3 Å². The lowest BCUT2D eigenvalue weighted by Crippen LogP contribution is -2.30. The fourth-order valence-corrected chi connectivity index (χ4v) is 4.15. The minimum atomic E-state index is -3.71. The quantitative estimate of drug-likeness (QED) is 0.716. The van der Waals surface area contributed by atoms with Gasteiger partial charge in [0.1, 0.15) is 4.90 Å². The number of para-hydroxylation sites is 1. The first-order valence-electron chi connectivity index (χ1n) is 7.60. The van der Waals surface area contributed by atoms with Gasteiger partial charge in [0, 0.05) is 7.05 Å². The van der Waals surface area contributed by atoms with Crippen molar-refractivity contribution in [3.05, 3.63) is 78.1 Å². The summed E-state index contributed by atoms with van der Waals surface area (Å²) in [7, 11) is -1.98. The molecule has 0 unspecified atom stereocenters. The summed E-state index contributed by atoms with van der Waals surface area (Å²) in [5.41, 5.74) is 2.17. The lowest BCUT2D eigenvalue weighted by molar-refractivity contribution is 0.589. The fraction of sp³-hybridized carbons (Fsp3) is 0.167. The van der Waals surface area contributed by atoms with Crippen LogP contribution in [0.5, 0.6) is 0 Å². The van der Waals surface area contributed by atoms with Gasteiger partial charge in [-0.25, -0.2) is 8.42 Å². The summed E-state index contributed by atoms with van der Waals surface area (Å²) in [5.74, 6) is 0. The van der Waals surface area contributed by atoms with E-state index in [0.717, 1.165) is 5.56 Å². The third-order valence-electron chi connectivity index (χ3n) is 3.97. The number of hydrogen-bond donors (Lipinski definition) is 0. The van der Waals surface area contributed by atoms with Crippen molar-refractivity contribution in [1.82, 2.24) is 9.78 Å². The zero-order valence-electron chi connectivity index (χ0n) is 13.6. The van der Waals surface area contributed by atoms with Crippen LogP contribution in [0.4, 0.5) is 5.69 Å². The number of aromatic nitrogens is 2. The zero-order chi connectivity index (χ0) is 17.2. The van der Waals surface area contributed by atoms with Gasteiger partial charge in [-0.05, 0) is 24.6 Å². The summed E-state index contributed by atoms with van der Waals surface area (Å²) in [6.07, 6.45) is 1.41. The van der Waals surface area contributed by atoms with Crippen LogP contribution < -0.4 is 4.31 Å². The first-order valence-corrected chi connectivity index (χ1v) is 9.04. The summed E-state index contributed by atoms with van der Waals surface area (Å²) < 4.78 is 29.5. The molecule has 124 valence electrons. The van der Waals surface area contributed by atoms with Crippen LogP contribution >= 0.6 is 0 Å². The van der Waals surface area contributed by atoms with Crippen LogP contribution in [0.15, 0.2) is 71.8 Å². The molecule has 3 aromatic rings. The highest BCUT2D eigenvalue weighted by atomic mass is 32.2. The topological polar surface area (TPSA) is 55.2 Å². The van der Waals surface area contributed by atoms with E-state index < -0.39 is 10.0 Å². The molecule has 5 nitrogen and oxygen atoms in total. The summed E-state index contributed by atoms with van der Waals surface area (Å²) in [6, 6.07) is 18.7. The Morgan fingerprint density at radius 2 is 1.58 bits per heavy atom. The molecule has 0 N–H and O–H groups in total. The van der Waals surface area contributed by atoms with Gasteiger partial charge in [0.2, 0.25) is 0 Å². The molecule has 0 atom stereocenters. The molecule has 0 radical (unpaired) electrons. The largest absolute Gasteiger partial charge is 0.272 e. The molecule has 0 fully saturated rings. The average Bonchev–Trinajstić information content (AvgIpc) is 2.94. The van der Waals surface area contributed by atoms with Crippen molar-refractivity contribution in [1.29, 1.82) is 0 Å². The van der Waals surface area contributed by atoms with Crippen molar-refractivity contribution in [2.45, 2.75) is 18.4 Å². The second-order valence-electron chi connectivity index (χ2n) is 5.55. The maximum absolute atomic E-state index is 13.2. The van der Waals surface area contributed by atoms with Gasteiger partial charge in [-0.2, -0.15) is 5.10 Å². The molecule has 0 aliphatic carbocycles. The van der Waals surface area contributed by atoms with Crippen molar-refractivity contribution in [2.75, 3.05) is 4.31 Å². The standard InChI is InChI=1S/C18H19N3O2S/c1-15-18(13-19-20(15)2)24(22,23)21(17-11-7-4-8-12-17)14-16-9-5-3-6-10-16/h3-13H,14H2,1-2H3. The number of aryl methyl sites for hydroxylation is 1. The van der Waals surface area contributed by atoms with Gasteiger partial charge >= 0.3 is 0 Å². The minimum Gasteiger partial charge on any atom is -0.272 e. The van der Waals surface area contributed by atoms with Crippen LogP contribution in [0.25, 0.3) is 0 Å². The molecule has 24 heavy (non-hydrogen) atoms. The Hall–Kier alpha value is -2.60. The summed E-state index contributed by atoms with van der Waals surface area (Å²) >= 11 is 0. The molecular weight excluding hydrogens is 322 g/mol. The van der Waals surface area contributed by atoms with E-state index in [0.29, 0.717) is 11.4 Å². The molecule has 0 aliphatic rings. The van der Waals surface area contributed by atoms with Crippen molar-refractivity contribution in [2.24, 2.45) is 7.05 Å². The van der Waals surface area contributed by atoms with E-state index >= 15 is 0 Å². The highest BCUT2D eigenvalue weighted by molar-refractivity contribution is 7.92. The molecule has 2 aromatic carbocycles. The Kier molecular flexibility index (Phi) is 4.40. The van der Waals surface area contributed by atoms with Crippen molar-refractivity contribution >= 4 is 15.7 Å². The molecule has 0 spiro atoms. The SMILES string of the molecule is Cc1c(S(=O)(=O)N(Cc2ccccc2)c2ccccc2)cnn1C. The van der Waals surface area contributed by atoms with E-state index in [1.54, 1.807) is 30.8 Å². The minimum absolute atomic E-state index is 0.227. The van der Waals surface area contributed by atoms with Gasteiger partial charge in [0.05, 0.1) is 24.1 Å². The molecule has 1 aromatic heterocycles. The Bertz CT molecular complexity index is 919. The van der Waals surface area contributed by atoms with Gasteiger partial charge in [0.25, 0.3) is 10.0 Å². The molecule has 0 bridgehead atoms. The smallest absolute Gasteiger partial charge is 0.268 e.